The second-order valence-electron chi connectivity index (χ2n) is 3.01. The molecule has 0 N–H and O–H groups in total. The second kappa shape index (κ2) is 6.14. The highest BCUT2D eigenvalue weighted by Crippen LogP contribution is 2.08. The lowest BCUT2D eigenvalue weighted by atomic mass is 10.3. The molecule has 1 atom stereocenters. The van der Waals surface area contributed by atoms with E-state index in [-0.39, 0.29) is 6.10 Å². The lowest BCUT2D eigenvalue weighted by molar-refractivity contribution is -0.115. The summed E-state index contributed by atoms with van der Waals surface area (Å²) in [6.07, 6.45) is 5.31. The summed E-state index contributed by atoms with van der Waals surface area (Å²) in [6, 6.07) is 0. The maximum atomic E-state index is 9.88. The quantitative estimate of drug-likeness (QED) is 0.557. The minimum absolute atomic E-state index is 0.0833. The van der Waals surface area contributed by atoms with E-state index < -0.39 is 0 Å². The molecule has 70 valence electrons. The Labute approximate surface area is 73.0 Å². The molecule has 2 saturated heterocycles. The summed E-state index contributed by atoms with van der Waals surface area (Å²) in [6.45, 7) is 2.77. The fraction of sp³-hybridized carbons (Fsp3) is 0.889. The first-order valence-corrected chi connectivity index (χ1v) is 4.58. The van der Waals surface area contributed by atoms with E-state index in [1.54, 1.807) is 0 Å². The van der Waals surface area contributed by atoms with Crippen LogP contribution in [0.5, 0.6) is 0 Å². The molecule has 0 bridgehead atoms. The zero-order chi connectivity index (χ0) is 8.65. The Bertz CT molecular complexity index is 107. The van der Waals surface area contributed by atoms with Crippen molar-refractivity contribution in [2.75, 3.05) is 19.8 Å². The Morgan fingerprint density at radius 1 is 1.08 bits per heavy atom. The van der Waals surface area contributed by atoms with Crippen molar-refractivity contribution in [2.45, 2.75) is 31.8 Å². The van der Waals surface area contributed by atoms with Crippen LogP contribution in [0.25, 0.3) is 0 Å². The fourth-order valence-electron chi connectivity index (χ4n) is 1.22. The van der Waals surface area contributed by atoms with E-state index in [2.05, 4.69) is 0 Å². The third kappa shape index (κ3) is 3.83. The number of aldehydes is 1. The van der Waals surface area contributed by atoms with Crippen LogP contribution in [0.4, 0.5) is 0 Å². The number of ether oxygens (including phenoxy) is 2. The van der Waals surface area contributed by atoms with Crippen molar-refractivity contribution in [1.29, 1.82) is 0 Å². The summed E-state index contributed by atoms with van der Waals surface area (Å²) in [7, 11) is 0. The summed E-state index contributed by atoms with van der Waals surface area (Å²) in [5.41, 5.74) is 0. The Morgan fingerprint density at radius 3 is 2.08 bits per heavy atom. The van der Waals surface area contributed by atoms with Crippen molar-refractivity contribution in [3.8, 4) is 0 Å². The minimum atomic E-state index is -0.0833. The molecule has 3 heteroatoms. The predicted octanol–water partition coefficient (Wildman–Crippen LogP) is 1.16. The van der Waals surface area contributed by atoms with Crippen molar-refractivity contribution in [2.24, 2.45) is 0 Å². The van der Waals surface area contributed by atoms with Crippen molar-refractivity contribution < 1.29 is 14.3 Å². The topological polar surface area (TPSA) is 35.5 Å². The Morgan fingerprint density at radius 2 is 1.83 bits per heavy atom. The van der Waals surface area contributed by atoms with Gasteiger partial charge in [0.05, 0.1) is 0 Å². The highest BCUT2D eigenvalue weighted by molar-refractivity contribution is 5.56. The van der Waals surface area contributed by atoms with Crippen LogP contribution in [0.2, 0.25) is 0 Å². The van der Waals surface area contributed by atoms with Crippen molar-refractivity contribution in [3.63, 3.8) is 0 Å². The van der Waals surface area contributed by atoms with E-state index in [4.69, 9.17) is 9.47 Å². The van der Waals surface area contributed by atoms with Crippen LogP contribution in [-0.4, -0.2) is 32.2 Å². The monoisotopic (exact) mass is 172 g/mol. The van der Waals surface area contributed by atoms with Crippen LogP contribution >= 0.6 is 0 Å². The molecule has 0 saturated carbocycles. The summed E-state index contributed by atoms with van der Waals surface area (Å²) >= 11 is 0. The smallest absolute Gasteiger partial charge is 0.148 e. The minimum Gasteiger partial charge on any atom is -0.381 e. The third-order valence-electron chi connectivity index (χ3n) is 1.94. The molecule has 0 radical (unpaired) electrons. The van der Waals surface area contributed by atoms with Gasteiger partial charge in [0.25, 0.3) is 0 Å². The molecular weight excluding hydrogens is 156 g/mol. The average Bonchev–Trinajstić information content (AvgIpc) is 2.81. The number of carbonyl (C=O) groups excluding carboxylic acids is 1. The van der Waals surface area contributed by atoms with E-state index in [0.717, 1.165) is 38.9 Å². The molecule has 0 amide bonds. The van der Waals surface area contributed by atoms with Gasteiger partial charge in [-0.1, -0.05) is 0 Å². The van der Waals surface area contributed by atoms with Crippen molar-refractivity contribution in [1.82, 2.24) is 0 Å². The lowest BCUT2D eigenvalue weighted by Crippen LogP contribution is -2.04. The average molecular weight is 172 g/mol. The maximum Gasteiger partial charge on any atom is 0.148 e. The van der Waals surface area contributed by atoms with Gasteiger partial charge in [-0.05, 0) is 25.7 Å². The van der Waals surface area contributed by atoms with Gasteiger partial charge in [0.15, 0.2) is 0 Å². The number of carbonyl (C=O) groups is 1. The van der Waals surface area contributed by atoms with E-state index in [1.807, 2.05) is 0 Å². The molecule has 2 heterocycles. The normalized spacial score (nSPS) is 27.8. The number of hydrogen-bond donors (Lipinski definition) is 0. The molecule has 2 rings (SSSR count). The summed E-state index contributed by atoms with van der Waals surface area (Å²) in [5.74, 6) is 0. The molecule has 0 spiro atoms. The SMILES string of the molecule is C1CCOC1.O=CC1CCCO1. The standard InChI is InChI=1S/C5H8O2.C4H8O/c6-4-5-2-1-3-7-5;1-2-4-5-3-1/h4-5H,1-3H2;1-4H2. The van der Waals surface area contributed by atoms with E-state index >= 15 is 0 Å². The molecule has 0 aromatic rings. The van der Waals surface area contributed by atoms with Crippen LogP contribution in [0.15, 0.2) is 0 Å². The van der Waals surface area contributed by atoms with Gasteiger partial charge in [0.2, 0.25) is 0 Å². The van der Waals surface area contributed by atoms with E-state index in [9.17, 15) is 4.79 Å². The summed E-state index contributed by atoms with van der Waals surface area (Å²) in [4.78, 5) is 9.88. The van der Waals surface area contributed by atoms with E-state index in [0.29, 0.717) is 0 Å². The van der Waals surface area contributed by atoms with Gasteiger partial charge in [-0.15, -0.1) is 0 Å². The van der Waals surface area contributed by atoms with Crippen LogP contribution < -0.4 is 0 Å². The molecule has 1 unspecified atom stereocenters. The summed E-state index contributed by atoms with van der Waals surface area (Å²) in [5, 5.41) is 0. The largest absolute Gasteiger partial charge is 0.381 e. The van der Waals surface area contributed by atoms with Crippen molar-refractivity contribution in [3.05, 3.63) is 0 Å². The molecule has 2 aliphatic rings. The molecular formula is C9H16O3. The molecule has 0 aromatic carbocycles. The Balaban J connectivity index is 0.000000127. The first-order valence-electron chi connectivity index (χ1n) is 4.58. The van der Waals surface area contributed by atoms with Crippen LogP contribution in [0.1, 0.15) is 25.7 Å². The molecule has 0 aliphatic carbocycles. The zero-order valence-corrected chi connectivity index (χ0v) is 7.33. The van der Waals surface area contributed by atoms with Crippen LogP contribution in [0, 0.1) is 0 Å². The van der Waals surface area contributed by atoms with Gasteiger partial charge in [0, 0.05) is 19.8 Å². The molecule has 3 nitrogen and oxygen atoms in total. The highest BCUT2D eigenvalue weighted by atomic mass is 16.5. The van der Waals surface area contributed by atoms with E-state index in [1.165, 1.54) is 12.8 Å². The first-order chi connectivity index (χ1) is 5.93. The first kappa shape index (κ1) is 9.68. The maximum absolute atomic E-state index is 9.88. The molecule has 2 fully saturated rings. The number of rotatable bonds is 1. The van der Waals surface area contributed by atoms with Gasteiger partial charge in [-0.2, -0.15) is 0 Å². The van der Waals surface area contributed by atoms with Gasteiger partial charge >= 0.3 is 0 Å². The van der Waals surface area contributed by atoms with Crippen LogP contribution in [-0.2, 0) is 14.3 Å². The molecule has 12 heavy (non-hydrogen) atoms. The second-order valence-corrected chi connectivity index (χ2v) is 3.01. The predicted molar refractivity (Wildman–Crippen MR) is 45.1 cm³/mol. The third-order valence-corrected chi connectivity index (χ3v) is 1.94. The fourth-order valence-corrected chi connectivity index (χ4v) is 1.22. The Hall–Kier alpha value is -0.410. The van der Waals surface area contributed by atoms with Gasteiger partial charge < -0.3 is 14.3 Å². The summed E-state index contributed by atoms with van der Waals surface area (Å²) < 4.78 is 9.88. The van der Waals surface area contributed by atoms with Gasteiger partial charge in [0.1, 0.15) is 12.4 Å². The van der Waals surface area contributed by atoms with Crippen molar-refractivity contribution >= 4 is 6.29 Å². The molecule has 2 aliphatic heterocycles. The molecule has 0 aromatic heterocycles. The van der Waals surface area contributed by atoms with Gasteiger partial charge in [-0.3, -0.25) is 0 Å². The van der Waals surface area contributed by atoms with Crippen LogP contribution in [0.3, 0.4) is 0 Å². The zero-order valence-electron chi connectivity index (χ0n) is 7.33. The Kier molecular flexibility index (Phi) is 4.95. The highest BCUT2D eigenvalue weighted by Gasteiger charge is 2.12. The number of hydrogen-bond acceptors (Lipinski definition) is 3. The van der Waals surface area contributed by atoms with Gasteiger partial charge in [-0.25, -0.2) is 0 Å². The lowest BCUT2D eigenvalue weighted by Gasteiger charge is -1.93.